The number of nitrogens with one attached hydrogen (secondary N) is 1. The van der Waals surface area contributed by atoms with E-state index in [2.05, 4.69) is 15.3 Å². The van der Waals surface area contributed by atoms with Crippen molar-refractivity contribution in [1.29, 1.82) is 0 Å². The zero-order chi connectivity index (χ0) is 19.9. The number of hydrogen-bond donors (Lipinski definition) is 2. The minimum atomic E-state index is -1.11. The van der Waals surface area contributed by atoms with Gasteiger partial charge in [0.15, 0.2) is 0 Å². The number of rotatable bonds is 6. The Bertz CT molecular complexity index is 840. The van der Waals surface area contributed by atoms with Crippen LogP contribution in [0.2, 0.25) is 5.02 Å². The van der Waals surface area contributed by atoms with E-state index in [0.717, 1.165) is 5.56 Å². The highest BCUT2D eigenvalue weighted by atomic mass is 35.5. The van der Waals surface area contributed by atoms with Crippen LogP contribution in [0.15, 0.2) is 30.6 Å². The van der Waals surface area contributed by atoms with Crippen molar-refractivity contribution in [3.05, 3.63) is 41.4 Å². The van der Waals surface area contributed by atoms with E-state index in [1.54, 1.807) is 35.5 Å². The maximum absolute atomic E-state index is 12.4. The van der Waals surface area contributed by atoms with Gasteiger partial charge in [0.05, 0.1) is 24.8 Å². The Labute approximate surface area is 166 Å². The highest BCUT2D eigenvalue weighted by Crippen LogP contribution is 2.30. The quantitative estimate of drug-likeness (QED) is 0.704. The topological polar surface area (TPSA) is 114 Å². The first-order valence-electron chi connectivity index (χ1n) is 8.63. The van der Waals surface area contributed by atoms with E-state index in [1.165, 1.54) is 0 Å². The molecule has 1 aromatic carbocycles. The van der Waals surface area contributed by atoms with Crippen LogP contribution in [0.3, 0.4) is 0 Å². The highest BCUT2D eigenvalue weighted by molar-refractivity contribution is 6.32. The second-order valence-corrected chi connectivity index (χ2v) is 6.33. The lowest BCUT2D eigenvalue weighted by Crippen LogP contribution is -2.41. The monoisotopic (exact) mass is 406 g/mol. The molecule has 2 amide bonds. The number of benzene rings is 1. The summed E-state index contributed by atoms with van der Waals surface area (Å²) in [5, 5.41) is 11.1. The van der Waals surface area contributed by atoms with Crippen LogP contribution >= 0.6 is 11.6 Å². The Morgan fingerprint density at radius 2 is 1.93 bits per heavy atom. The van der Waals surface area contributed by atoms with Gasteiger partial charge in [-0.15, -0.1) is 0 Å². The van der Waals surface area contributed by atoms with Gasteiger partial charge in [-0.1, -0.05) is 17.7 Å². The molecule has 0 unspecified atom stereocenters. The number of ether oxygens (including phenoxy) is 2. The Morgan fingerprint density at radius 1 is 1.21 bits per heavy atom. The molecule has 0 saturated carbocycles. The highest BCUT2D eigenvalue weighted by Gasteiger charge is 2.20. The van der Waals surface area contributed by atoms with Crippen LogP contribution in [0.25, 0.3) is 11.1 Å². The minimum absolute atomic E-state index is 0.141. The summed E-state index contributed by atoms with van der Waals surface area (Å²) in [5.74, 6) is 0.367. The van der Waals surface area contributed by atoms with E-state index in [4.69, 9.17) is 26.2 Å². The first-order chi connectivity index (χ1) is 13.5. The molecule has 1 saturated heterocycles. The minimum Gasteiger partial charge on any atom is -0.490 e. The molecule has 2 N–H and O–H groups in total. The third kappa shape index (κ3) is 5.08. The molecule has 2 aromatic rings. The van der Waals surface area contributed by atoms with Crippen molar-refractivity contribution in [1.82, 2.24) is 20.2 Å². The average Bonchev–Trinajstić information content (AvgIpc) is 2.72. The molecule has 1 aliphatic heterocycles. The van der Waals surface area contributed by atoms with Crippen molar-refractivity contribution in [2.45, 2.75) is 0 Å². The van der Waals surface area contributed by atoms with Gasteiger partial charge in [-0.05, 0) is 17.7 Å². The molecule has 148 valence electrons. The molecule has 0 aliphatic carbocycles. The van der Waals surface area contributed by atoms with Gasteiger partial charge in [0.1, 0.15) is 12.4 Å². The third-order valence-corrected chi connectivity index (χ3v) is 4.34. The van der Waals surface area contributed by atoms with Gasteiger partial charge in [-0.3, -0.25) is 4.79 Å². The number of carbonyl (C=O) groups is 2. The number of nitrogens with zero attached hydrogens (tertiary/aromatic N) is 3. The van der Waals surface area contributed by atoms with E-state index in [-0.39, 0.29) is 24.9 Å². The van der Waals surface area contributed by atoms with Gasteiger partial charge < -0.3 is 24.8 Å². The first-order valence-corrected chi connectivity index (χ1v) is 9.01. The maximum Gasteiger partial charge on any atom is 0.404 e. The molecule has 1 aromatic heterocycles. The van der Waals surface area contributed by atoms with Gasteiger partial charge in [0.2, 0.25) is 5.82 Å². The van der Waals surface area contributed by atoms with Crippen LogP contribution in [0.4, 0.5) is 4.79 Å². The van der Waals surface area contributed by atoms with E-state index in [9.17, 15) is 9.59 Å². The second-order valence-electron chi connectivity index (χ2n) is 5.93. The molecule has 2 heterocycles. The molecule has 3 rings (SSSR count). The van der Waals surface area contributed by atoms with Crippen molar-refractivity contribution in [2.75, 3.05) is 39.5 Å². The number of aromatic nitrogens is 2. The lowest BCUT2D eigenvalue weighted by molar-refractivity contribution is 0.0295. The van der Waals surface area contributed by atoms with E-state index >= 15 is 0 Å². The Morgan fingerprint density at radius 3 is 2.57 bits per heavy atom. The van der Waals surface area contributed by atoms with Gasteiger partial charge in [0.25, 0.3) is 5.91 Å². The zero-order valence-corrected chi connectivity index (χ0v) is 15.7. The molecular weight excluding hydrogens is 388 g/mol. The molecular formula is C18H19ClN4O5. The molecule has 0 atom stereocenters. The summed E-state index contributed by atoms with van der Waals surface area (Å²) in [6.07, 6.45) is 2.04. The van der Waals surface area contributed by atoms with Crippen molar-refractivity contribution in [3.63, 3.8) is 0 Å². The third-order valence-electron chi connectivity index (χ3n) is 4.04. The summed E-state index contributed by atoms with van der Waals surface area (Å²) in [4.78, 5) is 32.8. The Kier molecular flexibility index (Phi) is 6.62. The Balaban J connectivity index is 1.64. The van der Waals surface area contributed by atoms with Crippen molar-refractivity contribution < 1.29 is 24.2 Å². The number of morpholine rings is 1. The predicted octanol–water partition coefficient (Wildman–Crippen LogP) is 1.92. The summed E-state index contributed by atoms with van der Waals surface area (Å²) in [7, 11) is 0. The summed E-state index contributed by atoms with van der Waals surface area (Å²) in [5.41, 5.74) is 1.48. The average molecular weight is 407 g/mol. The zero-order valence-electron chi connectivity index (χ0n) is 14.9. The largest absolute Gasteiger partial charge is 0.490 e. The smallest absolute Gasteiger partial charge is 0.404 e. The normalized spacial score (nSPS) is 13.8. The number of amides is 2. The second kappa shape index (κ2) is 9.34. The summed E-state index contributed by atoms with van der Waals surface area (Å²) < 4.78 is 10.7. The summed E-state index contributed by atoms with van der Waals surface area (Å²) in [6, 6.07) is 5.17. The van der Waals surface area contributed by atoms with Crippen LogP contribution in [0, 0.1) is 0 Å². The summed E-state index contributed by atoms with van der Waals surface area (Å²) >= 11 is 6.23. The SMILES string of the molecule is O=C(O)NCCOc1ccc(-c2cnc(C(=O)N3CCOCC3)nc2)cc1Cl. The molecule has 28 heavy (non-hydrogen) atoms. The molecule has 0 spiro atoms. The Hall–Kier alpha value is -2.91. The molecule has 0 radical (unpaired) electrons. The van der Waals surface area contributed by atoms with Crippen LogP contribution in [0.1, 0.15) is 10.6 Å². The van der Waals surface area contributed by atoms with Crippen LogP contribution in [-0.4, -0.2) is 71.4 Å². The fraction of sp³-hybridized carbons (Fsp3) is 0.333. The van der Waals surface area contributed by atoms with Crippen LogP contribution in [0.5, 0.6) is 5.75 Å². The number of carbonyl (C=O) groups excluding carboxylic acids is 1. The number of carboxylic acid groups (broad SMARTS) is 1. The van der Waals surface area contributed by atoms with Crippen molar-refractivity contribution in [2.24, 2.45) is 0 Å². The lowest BCUT2D eigenvalue weighted by atomic mass is 10.1. The van der Waals surface area contributed by atoms with Gasteiger partial charge >= 0.3 is 6.09 Å². The summed E-state index contributed by atoms with van der Waals surface area (Å²) in [6.45, 7) is 2.41. The molecule has 1 fully saturated rings. The van der Waals surface area contributed by atoms with E-state index in [0.29, 0.717) is 42.6 Å². The van der Waals surface area contributed by atoms with Crippen LogP contribution < -0.4 is 10.1 Å². The number of halogens is 1. The van der Waals surface area contributed by atoms with Gasteiger partial charge in [-0.25, -0.2) is 14.8 Å². The molecule has 1 aliphatic rings. The maximum atomic E-state index is 12.4. The standard InChI is InChI=1S/C18H19ClN4O5/c19-14-9-12(1-2-15(14)28-6-3-20-18(25)26)13-10-21-16(22-11-13)17(24)23-4-7-27-8-5-23/h1-2,9-11,20H,3-8H2,(H,25,26). The molecule has 10 heteroatoms. The first kappa shape index (κ1) is 19.8. The van der Waals surface area contributed by atoms with Gasteiger partial charge in [-0.2, -0.15) is 0 Å². The van der Waals surface area contributed by atoms with Crippen molar-refractivity contribution >= 4 is 23.6 Å². The molecule has 9 nitrogen and oxygen atoms in total. The molecule has 0 bridgehead atoms. The van der Waals surface area contributed by atoms with Crippen molar-refractivity contribution in [3.8, 4) is 16.9 Å². The predicted molar refractivity (Wildman–Crippen MR) is 101 cm³/mol. The fourth-order valence-electron chi connectivity index (χ4n) is 2.61. The number of hydrogen-bond acceptors (Lipinski definition) is 6. The van der Waals surface area contributed by atoms with Gasteiger partial charge in [0, 0.05) is 31.0 Å². The van der Waals surface area contributed by atoms with Crippen LogP contribution in [-0.2, 0) is 4.74 Å². The fourth-order valence-corrected chi connectivity index (χ4v) is 2.85. The van der Waals surface area contributed by atoms with E-state index < -0.39 is 6.09 Å². The van der Waals surface area contributed by atoms with E-state index in [1.807, 2.05) is 0 Å². The lowest BCUT2D eigenvalue weighted by Gasteiger charge is -2.25.